The van der Waals surface area contributed by atoms with Gasteiger partial charge in [0.05, 0.1) is 28.9 Å². The lowest BCUT2D eigenvalue weighted by molar-refractivity contribution is 0.0477. The third-order valence-corrected chi connectivity index (χ3v) is 5.77. The number of fused-ring (bicyclic) bond motifs is 3. The highest BCUT2D eigenvalue weighted by Gasteiger charge is 2.33. The molecule has 1 N–H and O–H groups in total. The summed E-state index contributed by atoms with van der Waals surface area (Å²) >= 11 is 0. The molecule has 3 heterocycles. The van der Waals surface area contributed by atoms with Gasteiger partial charge in [-0.2, -0.15) is 0 Å². The molecule has 5 rings (SSSR count). The van der Waals surface area contributed by atoms with Crippen molar-refractivity contribution in [3.05, 3.63) is 86.7 Å². The second kappa shape index (κ2) is 6.74. The maximum absolute atomic E-state index is 13.3. The van der Waals surface area contributed by atoms with Crippen LogP contribution in [0, 0.1) is 0 Å². The molecule has 30 heavy (non-hydrogen) atoms. The van der Waals surface area contributed by atoms with Crippen molar-refractivity contribution in [3.63, 3.8) is 0 Å². The van der Waals surface area contributed by atoms with E-state index in [0.29, 0.717) is 24.1 Å². The first-order valence-electron chi connectivity index (χ1n) is 9.77. The van der Waals surface area contributed by atoms with Gasteiger partial charge in [-0.15, -0.1) is 0 Å². The fraction of sp³-hybridized carbons (Fsp3) is 0.217. The van der Waals surface area contributed by atoms with Crippen LogP contribution in [-0.4, -0.2) is 25.4 Å². The summed E-state index contributed by atoms with van der Waals surface area (Å²) in [5.41, 5.74) is 3.05. The smallest absolute Gasteiger partial charge is 0.331 e. The molecule has 4 aromatic rings. The van der Waals surface area contributed by atoms with Crippen molar-refractivity contribution in [2.75, 3.05) is 6.61 Å². The Balaban J connectivity index is 1.96. The molecule has 152 valence electrons. The standard InChI is InChI=1S/C23H21N3O4/c1-24-19-17(22(28)25(2)23(24)29)18(14-7-4-3-5-8-14)26-11-12-30-21(20(19)26)15-9-6-10-16(27)13-15/h3-10,13,21,27H,11-12H2,1-2H3/t21-/m0/s1. The molecule has 1 aliphatic heterocycles. The average molecular weight is 403 g/mol. The number of aromatic hydroxyl groups is 1. The van der Waals surface area contributed by atoms with E-state index < -0.39 is 6.10 Å². The Morgan fingerprint density at radius 3 is 2.50 bits per heavy atom. The normalized spacial score (nSPS) is 16.0. The topological polar surface area (TPSA) is 78.4 Å². The van der Waals surface area contributed by atoms with Crippen LogP contribution >= 0.6 is 0 Å². The molecule has 0 fully saturated rings. The van der Waals surface area contributed by atoms with E-state index in [4.69, 9.17) is 4.74 Å². The monoisotopic (exact) mass is 403 g/mol. The van der Waals surface area contributed by atoms with Crippen LogP contribution < -0.4 is 11.2 Å². The van der Waals surface area contributed by atoms with Gasteiger partial charge in [-0.3, -0.25) is 13.9 Å². The molecular formula is C23H21N3O4. The number of ether oxygens (including phenoxy) is 1. The van der Waals surface area contributed by atoms with Gasteiger partial charge in [-0.1, -0.05) is 42.5 Å². The van der Waals surface area contributed by atoms with Crippen molar-refractivity contribution in [1.82, 2.24) is 13.7 Å². The molecule has 7 nitrogen and oxygen atoms in total. The number of rotatable bonds is 2. The molecule has 1 atom stereocenters. The van der Waals surface area contributed by atoms with E-state index in [-0.39, 0.29) is 17.0 Å². The lowest BCUT2D eigenvalue weighted by Crippen LogP contribution is -2.37. The van der Waals surface area contributed by atoms with Crippen LogP contribution in [0.2, 0.25) is 0 Å². The Bertz CT molecular complexity index is 1400. The van der Waals surface area contributed by atoms with Gasteiger partial charge in [0.1, 0.15) is 11.9 Å². The SMILES string of the molecule is Cn1c(=O)c2c(-c3ccccc3)n3c(c2n(C)c1=O)[C@H](c1cccc(O)c1)OCC3. The van der Waals surface area contributed by atoms with Gasteiger partial charge >= 0.3 is 5.69 Å². The summed E-state index contributed by atoms with van der Waals surface area (Å²) in [5, 5.41) is 10.5. The fourth-order valence-electron chi connectivity index (χ4n) is 4.42. The lowest BCUT2D eigenvalue weighted by atomic mass is 10.0. The summed E-state index contributed by atoms with van der Waals surface area (Å²) in [6, 6.07) is 16.6. The van der Waals surface area contributed by atoms with Gasteiger partial charge in [0.2, 0.25) is 0 Å². The molecule has 0 saturated carbocycles. The van der Waals surface area contributed by atoms with Crippen molar-refractivity contribution in [3.8, 4) is 17.0 Å². The molecule has 0 spiro atoms. The van der Waals surface area contributed by atoms with Crippen molar-refractivity contribution in [1.29, 1.82) is 0 Å². The van der Waals surface area contributed by atoms with Gasteiger partial charge in [0.15, 0.2) is 0 Å². The first-order valence-corrected chi connectivity index (χ1v) is 9.77. The molecule has 0 unspecified atom stereocenters. The minimum absolute atomic E-state index is 0.136. The van der Waals surface area contributed by atoms with Crippen molar-refractivity contribution in [2.24, 2.45) is 14.1 Å². The van der Waals surface area contributed by atoms with E-state index in [1.165, 1.54) is 11.6 Å². The summed E-state index contributed by atoms with van der Waals surface area (Å²) in [4.78, 5) is 26.0. The molecular weight excluding hydrogens is 382 g/mol. The van der Waals surface area contributed by atoms with Crippen LogP contribution in [0.5, 0.6) is 5.75 Å². The summed E-state index contributed by atoms with van der Waals surface area (Å²) in [7, 11) is 3.17. The third-order valence-electron chi connectivity index (χ3n) is 5.77. The molecule has 0 amide bonds. The quantitative estimate of drug-likeness (QED) is 0.558. The van der Waals surface area contributed by atoms with E-state index in [1.54, 1.807) is 25.2 Å². The number of phenols is 1. The summed E-state index contributed by atoms with van der Waals surface area (Å²) < 4.78 is 10.9. The lowest BCUT2D eigenvalue weighted by Gasteiger charge is -2.27. The van der Waals surface area contributed by atoms with Crippen molar-refractivity contribution >= 4 is 10.9 Å². The average Bonchev–Trinajstić information content (AvgIpc) is 3.12. The number of hydrogen-bond acceptors (Lipinski definition) is 4. The summed E-state index contributed by atoms with van der Waals surface area (Å²) in [5.74, 6) is 0.136. The first kappa shape index (κ1) is 18.4. The zero-order valence-electron chi connectivity index (χ0n) is 16.7. The Morgan fingerprint density at radius 2 is 1.77 bits per heavy atom. The molecule has 0 bridgehead atoms. The van der Waals surface area contributed by atoms with E-state index >= 15 is 0 Å². The zero-order valence-corrected chi connectivity index (χ0v) is 16.7. The van der Waals surface area contributed by atoms with Crippen LogP contribution in [0.25, 0.3) is 22.2 Å². The molecule has 0 saturated heterocycles. The molecule has 0 aliphatic carbocycles. The third kappa shape index (κ3) is 2.55. The second-order valence-corrected chi connectivity index (χ2v) is 7.53. The van der Waals surface area contributed by atoms with Crippen LogP contribution in [-0.2, 0) is 25.4 Å². The number of phenolic OH excluding ortho intramolecular Hbond substituents is 1. The zero-order chi connectivity index (χ0) is 21.0. The van der Waals surface area contributed by atoms with Gasteiger partial charge < -0.3 is 14.4 Å². The highest BCUT2D eigenvalue weighted by molar-refractivity contribution is 5.96. The van der Waals surface area contributed by atoms with Gasteiger partial charge in [0, 0.05) is 20.6 Å². The Hall–Kier alpha value is -3.58. The predicted octanol–water partition coefficient (Wildman–Crippen LogP) is 2.53. The second-order valence-electron chi connectivity index (χ2n) is 7.53. The van der Waals surface area contributed by atoms with Crippen molar-refractivity contribution in [2.45, 2.75) is 12.6 Å². The van der Waals surface area contributed by atoms with Crippen LogP contribution in [0.15, 0.2) is 64.2 Å². The van der Waals surface area contributed by atoms with E-state index in [9.17, 15) is 14.7 Å². The number of aromatic nitrogens is 3. The highest BCUT2D eigenvalue weighted by atomic mass is 16.5. The predicted molar refractivity (Wildman–Crippen MR) is 114 cm³/mol. The maximum Gasteiger partial charge on any atom is 0.331 e. The summed E-state index contributed by atoms with van der Waals surface area (Å²) in [6.07, 6.45) is -0.511. The summed E-state index contributed by atoms with van der Waals surface area (Å²) in [6.45, 7) is 1.00. The van der Waals surface area contributed by atoms with Crippen molar-refractivity contribution < 1.29 is 9.84 Å². The molecule has 7 heteroatoms. The van der Waals surface area contributed by atoms with Crippen LogP contribution in [0.3, 0.4) is 0 Å². The Kier molecular flexibility index (Phi) is 4.15. The number of nitrogens with zero attached hydrogens (tertiary/aromatic N) is 3. The maximum atomic E-state index is 13.3. The van der Waals surface area contributed by atoms with Gasteiger partial charge in [-0.25, -0.2) is 4.79 Å². The highest BCUT2D eigenvalue weighted by Crippen LogP contribution is 2.40. The Morgan fingerprint density at radius 1 is 1.00 bits per heavy atom. The largest absolute Gasteiger partial charge is 0.508 e. The van der Waals surface area contributed by atoms with E-state index in [0.717, 1.165) is 27.1 Å². The molecule has 2 aromatic carbocycles. The number of aryl methyl sites for hydroxylation is 1. The van der Waals surface area contributed by atoms with E-state index in [1.807, 2.05) is 36.4 Å². The fourth-order valence-corrected chi connectivity index (χ4v) is 4.42. The first-order chi connectivity index (χ1) is 14.5. The van der Waals surface area contributed by atoms with Crippen LogP contribution in [0.4, 0.5) is 0 Å². The number of benzene rings is 2. The number of hydrogen-bond donors (Lipinski definition) is 1. The minimum atomic E-state index is -0.511. The van der Waals surface area contributed by atoms with Gasteiger partial charge in [0.25, 0.3) is 5.56 Å². The van der Waals surface area contributed by atoms with Crippen LogP contribution in [0.1, 0.15) is 17.4 Å². The Labute approximate surface area is 172 Å². The minimum Gasteiger partial charge on any atom is -0.508 e. The molecule has 1 aliphatic rings. The van der Waals surface area contributed by atoms with Gasteiger partial charge in [-0.05, 0) is 23.3 Å². The molecule has 0 radical (unpaired) electrons. The molecule has 2 aromatic heterocycles. The van der Waals surface area contributed by atoms with E-state index in [2.05, 4.69) is 4.57 Å².